The van der Waals surface area contributed by atoms with Crippen molar-refractivity contribution in [2.45, 2.75) is 51.6 Å². The normalized spacial score (nSPS) is 13.0. The van der Waals surface area contributed by atoms with Gasteiger partial charge >= 0.3 is 5.97 Å². The van der Waals surface area contributed by atoms with Crippen molar-refractivity contribution in [2.75, 3.05) is 13.1 Å². The van der Waals surface area contributed by atoms with E-state index in [0.29, 0.717) is 19.4 Å². The van der Waals surface area contributed by atoms with Crippen LogP contribution in [0.1, 0.15) is 39.5 Å². The highest BCUT2D eigenvalue weighted by atomic mass is 16.4. The topological polar surface area (TPSA) is 186 Å². The summed E-state index contributed by atoms with van der Waals surface area (Å²) in [6.45, 7) is 4.18. The van der Waals surface area contributed by atoms with Crippen molar-refractivity contribution in [3.05, 3.63) is 0 Å². The van der Waals surface area contributed by atoms with Crippen molar-refractivity contribution < 1.29 is 19.5 Å². The van der Waals surface area contributed by atoms with E-state index >= 15 is 0 Å². The fraction of sp³-hybridized carbons (Fsp3) is 0.733. The van der Waals surface area contributed by atoms with E-state index in [0.717, 1.165) is 0 Å². The van der Waals surface area contributed by atoms with Crippen LogP contribution in [-0.2, 0) is 14.4 Å². The standard InChI is InChI=1S/C15H30N6O4/c1-9(2)12(21-11(22)6-3-7-16)13(23)20-10(14(24)25)5-4-8-19-15(17)18/h9-10,12H,3-8,16H2,1-2H3,(H,20,23)(H,21,22)(H,24,25)(H4,17,18,19)/t10-,12-/m0/s1. The van der Waals surface area contributed by atoms with Gasteiger partial charge in [0.2, 0.25) is 11.8 Å². The first-order valence-electron chi connectivity index (χ1n) is 8.27. The third-order valence-electron chi connectivity index (χ3n) is 3.43. The molecule has 0 unspecified atom stereocenters. The average Bonchev–Trinajstić information content (AvgIpc) is 2.52. The summed E-state index contributed by atoms with van der Waals surface area (Å²) >= 11 is 0. The number of carbonyl (C=O) groups is 3. The number of hydrogen-bond acceptors (Lipinski definition) is 5. The van der Waals surface area contributed by atoms with Crippen LogP contribution < -0.4 is 27.8 Å². The van der Waals surface area contributed by atoms with Crippen LogP contribution in [0.3, 0.4) is 0 Å². The second kappa shape index (κ2) is 12.1. The molecule has 2 amide bonds. The minimum absolute atomic E-state index is 0.0732. The quantitative estimate of drug-likeness (QED) is 0.139. The highest BCUT2D eigenvalue weighted by Crippen LogP contribution is 2.06. The summed E-state index contributed by atoms with van der Waals surface area (Å²) in [5.74, 6) is -2.26. The lowest BCUT2D eigenvalue weighted by Gasteiger charge is -2.24. The average molecular weight is 358 g/mol. The monoisotopic (exact) mass is 358 g/mol. The summed E-state index contributed by atoms with van der Waals surface area (Å²) < 4.78 is 0. The number of amides is 2. The summed E-state index contributed by atoms with van der Waals surface area (Å²) in [7, 11) is 0. The Morgan fingerprint density at radius 3 is 2.24 bits per heavy atom. The minimum Gasteiger partial charge on any atom is -0.480 e. The summed E-state index contributed by atoms with van der Waals surface area (Å²) in [5.41, 5.74) is 15.7. The Balaban J connectivity index is 4.72. The number of nitrogens with one attached hydrogen (secondary N) is 2. The van der Waals surface area contributed by atoms with Crippen LogP contribution in [0.15, 0.2) is 4.99 Å². The van der Waals surface area contributed by atoms with Gasteiger partial charge in [0.15, 0.2) is 5.96 Å². The van der Waals surface area contributed by atoms with Gasteiger partial charge in [-0.2, -0.15) is 0 Å². The van der Waals surface area contributed by atoms with Crippen molar-refractivity contribution in [3.63, 3.8) is 0 Å². The number of aliphatic imine (C=N–C) groups is 1. The van der Waals surface area contributed by atoms with Crippen LogP contribution in [0.2, 0.25) is 0 Å². The number of guanidine groups is 1. The van der Waals surface area contributed by atoms with Crippen LogP contribution >= 0.6 is 0 Å². The smallest absolute Gasteiger partial charge is 0.326 e. The lowest BCUT2D eigenvalue weighted by molar-refractivity contribution is -0.142. The second-order valence-corrected chi connectivity index (χ2v) is 6.03. The number of rotatable bonds is 12. The molecule has 2 atom stereocenters. The molecule has 0 aliphatic rings. The third kappa shape index (κ3) is 10.2. The summed E-state index contributed by atoms with van der Waals surface area (Å²) in [6.07, 6.45) is 1.29. The molecular weight excluding hydrogens is 328 g/mol. The van der Waals surface area contributed by atoms with Crippen LogP contribution in [0.25, 0.3) is 0 Å². The number of carbonyl (C=O) groups excluding carboxylic acids is 2. The number of aliphatic carboxylic acids is 1. The van der Waals surface area contributed by atoms with E-state index < -0.39 is 24.0 Å². The first-order chi connectivity index (χ1) is 11.7. The highest BCUT2D eigenvalue weighted by Gasteiger charge is 2.28. The van der Waals surface area contributed by atoms with Gasteiger partial charge in [-0.15, -0.1) is 0 Å². The molecule has 0 aliphatic heterocycles. The van der Waals surface area contributed by atoms with Gasteiger partial charge < -0.3 is 32.9 Å². The zero-order chi connectivity index (χ0) is 19.4. The maximum Gasteiger partial charge on any atom is 0.326 e. The zero-order valence-electron chi connectivity index (χ0n) is 14.8. The van der Waals surface area contributed by atoms with Crippen LogP contribution in [0.5, 0.6) is 0 Å². The summed E-state index contributed by atoms with van der Waals surface area (Å²) in [6, 6.07) is -1.89. The van der Waals surface area contributed by atoms with Gasteiger partial charge in [0.1, 0.15) is 12.1 Å². The molecule has 10 heteroatoms. The maximum atomic E-state index is 12.4. The maximum absolute atomic E-state index is 12.4. The molecule has 0 saturated heterocycles. The predicted molar refractivity (Wildman–Crippen MR) is 94.5 cm³/mol. The van der Waals surface area contributed by atoms with E-state index in [1.54, 1.807) is 13.8 Å². The van der Waals surface area contributed by atoms with Crippen molar-refractivity contribution in [1.29, 1.82) is 0 Å². The first-order valence-corrected chi connectivity index (χ1v) is 8.27. The number of nitrogens with two attached hydrogens (primary N) is 3. The summed E-state index contributed by atoms with van der Waals surface area (Å²) in [4.78, 5) is 39.3. The molecule has 0 radical (unpaired) electrons. The van der Waals surface area contributed by atoms with Gasteiger partial charge in [-0.25, -0.2) is 4.79 Å². The highest BCUT2D eigenvalue weighted by molar-refractivity contribution is 5.90. The van der Waals surface area contributed by atoms with E-state index in [-0.39, 0.29) is 37.2 Å². The number of carboxylic acid groups (broad SMARTS) is 1. The molecule has 144 valence electrons. The molecule has 0 bridgehead atoms. The summed E-state index contributed by atoms with van der Waals surface area (Å²) in [5, 5.41) is 14.3. The second-order valence-electron chi connectivity index (χ2n) is 6.03. The lowest BCUT2D eigenvalue weighted by Crippen LogP contribution is -2.53. The molecular formula is C15H30N6O4. The molecule has 10 nitrogen and oxygen atoms in total. The Bertz CT molecular complexity index is 477. The molecule has 0 saturated carbocycles. The largest absolute Gasteiger partial charge is 0.480 e. The van der Waals surface area contributed by atoms with E-state index in [1.165, 1.54) is 0 Å². The minimum atomic E-state index is -1.16. The molecule has 0 heterocycles. The van der Waals surface area contributed by atoms with E-state index in [1.807, 2.05) is 0 Å². The van der Waals surface area contributed by atoms with Crippen molar-refractivity contribution in [3.8, 4) is 0 Å². The molecule has 9 N–H and O–H groups in total. The Kier molecular flexibility index (Phi) is 10.9. The zero-order valence-corrected chi connectivity index (χ0v) is 14.8. The van der Waals surface area contributed by atoms with Crippen LogP contribution in [-0.4, -0.2) is 54.0 Å². The molecule has 0 aromatic heterocycles. The van der Waals surface area contributed by atoms with Gasteiger partial charge in [0.05, 0.1) is 0 Å². The van der Waals surface area contributed by atoms with Gasteiger partial charge in [0, 0.05) is 13.0 Å². The molecule has 0 spiro atoms. The van der Waals surface area contributed by atoms with Crippen LogP contribution in [0, 0.1) is 5.92 Å². The Hall–Kier alpha value is -2.36. The van der Waals surface area contributed by atoms with Crippen molar-refractivity contribution in [1.82, 2.24) is 10.6 Å². The SMILES string of the molecule is CC(C)[C@H](NC(=O)CCCN)C(=O)N[C@@H](CCCN=C(N)N)C(=O)O. The van der Waals surface area contributed by atoms with Crippen molar-refractivity contribution >= 4 is 23.7 Å². The number of nitrogens with zero attached hydrogens (tertiary/aromatic N) is 1. The fourth-order valence-corrected chi connectivity index (χ4v) is 2.07. The van der Waals surface area contributed by atoms with Gasteiger partial charge in [-0.1, -0.05) is 13.8 Å². The number of hydrogen-bond donors (Lipinski definition) is 6. The lowest BCUT2D eigenvalue weighted by atomic mass is 10.0. The molecule has 0 fully saturated rings. The Morgan fingerprint density at radius 1 is 1.12 bits per heavy atom. The van der Waals surface area contributed by atoms with Gasteiger partial charge in [0.25, 0.3) is 0 Å². The van der Waals surface area contributed by atoms with Crippen molar-refractivity contribution in [2.24, 2.45) is 28.1 Å². The third-order valence-corrected chi connectivity index (χ3v) is 3.43. The van der Waals surface area contributed by atoms with E-state index in [4.69, 9.17) is 17.2 Å². The molecule has 25 heavy (non-hydrogen) atoms. The molecule has 0 rings (SSSR count). The Labute approximate surface area is 147 Å². The Morgan fingerprint density at radius 2 is 1.76 bits per heavy atom. The number of carboxylic acids is 1. The predicted octanol–water partition coefficient (Wildman–Crippen LogP) is -1.51. The molecule has 0 aromatic rings. The van der Waals surface area contributed by atoms with E-state index in [9.17, 15) is 19.5 Å². The fourth-order valence-electron chi connectivity index (χ4n) is 2.07. The molecule has 0 aliphatic carbocycles. The van der Waals surface area contributed by atoms with Gasteiger partial charge in [-0.05, 0) is 31.7 Å². The molecule has 0 aromatic carbocycles. The van der Waals surface area contributed by atoms with Gasteiger partial charge in [-0.3, -0.25) is 14.6 Å². The van der Waals surface area contributed by atoms with Crippen LogP contribution in [0.4, 0.5) is 0 Å². The van der Waals surface area contributed by atoms with E-state index in [2.05, 4.69) is 15.6 Å². The first kappa shape index (κ1) is 22.6.